The summed E-state index contributed by atoms with van der Waals surface area (Å²) in [6.07, 6.45) is 2.95. The number of benzene rings is 1. The zero-order valence-corrected chi connectivity index (χ0v) is 11.8. The van der Waals surface area contributed by atoms with Crippen LogP contribution in [0.3, 0.4) is 0 Å². The largest absolute Gasteiger partial charge is 0.481 e. The lowest BCUT2D eigenvalue weighted by Crippen LogP contribution is -2.32. The van der Waals surface area contributed by atoms with Crippen molar-refractivity contribution in [1.82, 2.24) is 4.90 Å². The van der Waals surface area contributed by atoms with Crippen molar-refractivity contribution in [2.45, 2.75) is 51.6 Å². The van der Waals surface area contributed by atoms with Crippen LogP contribution in [0.25, 0.3) is 0 Å². The molecule has 1 aliphatic carbocycles. The van der Waals surface area contributed by atoms with Crippen molar-refractivity contribution in [3.8, 4) is 0 Å². The average Bonchev–Trinajstić information content (AvgIpc) is 3.21. The van der Waals surface area contributed by atoms with E-state index in [1.165, 1.54) is 5.56 Å². The van der Waals surface area contributed by atoms with E-state index in [-0.39, 0.29) is 12.3 Å². The van der Waals surface area contributed by atoms with Gasteiger partial charge in [-0.3, -0.25) is 9.59 Å². The maximum Gasteiger partial charge on any atom is 0.303 e. The summed E-state index contributed by atoms with van der Waals surface area (Å²) in [5, 5.41) is 8.62. The van der Waals surface area contributed by atoms with E-state index in [9.17, 15) is 9.59 Å². The van der Waals surface area contributed by atoms with E-state index >= 15 is 0 Å². The monoisotopic (exact) mass is 275 g/mol. The van der Waals surface area contributed by atoms with Crippen molar-refractivity contribution >= 4 is 11.9 Å². The third-order valence-corrected chi connectivity index (χ3v) is 3.56. The smallest absolute Gasteiger partial charge is 0.303 e. The molecule has 108 valence electrons. The normalized spacial score (nSPS) is 14.1. The van der Waals surface area contributed by atoms with Gasteiger partial charge in [0.2, 0.25) is 5.91 Å². The summed E-state index contributed by atoms with van der Waals surface area (Å²) >= 11 is 0. The van der Waals surface area contributed by atoms with Crippen LogP contribution in [0.4, 0.5) is 0 Å². The third-order valence-electron chi connectivity index (χ3n) is 3.56. The van der Waals surface area contributed by atoms with Crippen molar-refractivity contribution in [3.05, 3.63) is 35.4 Å². The molecule has 0 bridgehead atoms. The highest BCUT2D eigenvalue weighted by Gasteiger charge is 2.32. The Kier molecular flexibility index (Phi) is 4.77. The second-order valence-corrected chi connectivity index (χ2v) is 5.49. The number of aryl methyl sites for hydroxylation is 1. The Morgan fingerprint density at radius 2 is 1.85 bits per heavy atom. The summed E-state index contributed by atoms with van der Waals surface area (Å²) < 4.78 is 0. The lowest BCUT2D eigenvalue weighted by molar-refractivity contribution is -0.137. The van der Waals surface area contributed by atoms with Gasteiger partial charge in [-0.15, -0.1) is 0 Å². The van der Waals surface area contributed by atoms with Crippen LogP contribution >= 0.6 is 0 Å². The summed E-state index contributed by atoms with van der Waals surface area (Å²) in [6.45, 7) is 2.68. The molecule has 0 aliphatic heterocycles. The van der Waals surface area contributed by atoms with Gasteiger partial charge in [0.25, 0.3) is 0 Å². The molecular formula is C16H21NO3. The molecule has 1 amide bonds. The zero-order valence-electron chi connectivity index (χ0n) is 11.8. The van der Waals surface area contributed by atoms with E-state index in [0.717, 1.165) is 18.4 Å². The molecule has 1 N–H and O–H groups in total. The van der Waals surface area contributed by atoms with Crippen molar-refractivity contribution in [1.29, 1.82) is 0 Å². The average molecular weight is 275 g/mol. The Balaban J connectivity index is 1.91. The van der Waals surface area contributed by atoms with Crippen molar-refractivity contribution in [3.63, 3.8) is 0 Å². The summed E-state index contributed by atoms with van der Waals surface area (Å²) in [5.74, 6) is -0.761. The molecule has 0 aromatic heterocycles. The van der Waals surface area contributed by atoms with Gasteiger partial charge in [-0.2, -0.15) is 0 Å². The standard InChI is InChI=1S/C16H21NO3/c1-12-5-7-13(8-6-12)11-17(14-9-10-14)15(18)3-2-4-16(19)20/h5-8,14H,2-4,9-11H2,1H3,(H,19,20). The molecule has 1 fully saturated rings. The molecule has 0 heterocycles. The van der Waals surface area contributed by atoms with Crippen molar-refractivity contribution < 1.29 is 14.7 Å². The van der Waals surface area contributed by atoms with Crippen LogP contribution in [0.2, 0.25) is 0 Å². The van der Waals surface area contributed by atoms with Crippen LogP contribution in [-0.4, -0.2) is 27.9 Å². The first-order valence-electron chi connectivity index (χ1n) is 7.13. The van der Waals surface area contributed by atoms with Crippen LogP contribution in [0.1, 0.15) is 43.2 Å². The molecule has 0 spiro atoms. The van der Waals surface area contributed by atoms with Gasteiger partial charge in [-0.25, -0.2) is 0 Å². The maximum absolute atomic E-state index is 12.2. The number of carbonyl (C=O) groups is 2. The number of carbonyl (C=O) groups excluding carboxylic acids is 1. The molecule has 4 heteroatoms. The fraction of sp³-hybridized carbons (Fsp3) is 0.500. The Morgan fingerprint density at radius 1 is 1.20 bits per heavy atom. The van der Waals surface area contributed by atoms with Crippen LogP contribution in [0.5, 0.6) is 0 Å². The van der Waals surface area contributed by atoms with E-state index in [2.05, 4.69) is 24.3 Å². The van der Waals surface area contributed by atoms with Crippen LogP contribution < -0.4 is 0 Å². The first-order valence-corrected chi connectivity index (χ1v) is 7.13. The van der Waals surface area contributed by atoms with Crippen LogP contribution in [0, 0.1) is 6.92 Å². The van der Waals surface area contributed by atoms with Crippen molar-refractivity contribution in [2.24, 2.45) is 0 Å². The Labute approximate surface area is 119 Å². The minimum absolute atomic E-state index is 0.0643. The summed E-state index contributed by atoms with van der Waals surface area (Å²) in [5.41, 5.74) is 2.34. The number of rotatable bonds is 7. The van der Waals surface area contributed by atoms with Gasteiger partial charge in [0.05, 0.1) is 0 Å². The molecule has 0 radical (unpaired) electrons. The molecule has 1 saturated carbocycles. The molecule has 0 saturated heterocycles. The molecule has 2 rings (SSSR count). The SMILES string of the molecule is Cc1ccc(CN(C(=O)CCCC(=O)O)C2CC2)cc1. The number of nitrogens with zero attached hydrogens (tertiary/aromatic N) is 1. The summed E-state index contributed by atoms with van der Waals surface area (Å²) in [7, 11) is 0. The fourth-order valence-electron chi connectivity index (χ4n) is 2.23. The van der Waals surface area contributed by atoms with Crippen LogP contribution in [-0.2, 0) is 16.1 Å². The topological polar surface area (TPSA) is 57.6 Å². The molecule has 0 atom stereocenters. The van der Waals surface area contributed by atoms with Gasteiger partial charge < -0.3 is 10.0 Å². The highest BCUT2D eigenvalue weighted by atomic mass is 16.4. The Hall–Kier alpha value is -1.84. The van der Waals surface area contributed by atoms with Crippen molar-refractivity contribution in [2.75, 3.05) is 0 Å². The number of carboxylic acid groups (broad SMARTS) is 1. The number of hydrogen-bond acceptors (Lipinski definition) is 2. The summed E-state index contributed by atoms with van der Waals surface area (Å²) in [6, 6.07) is 8.56. The Bertz CT molecular complexity index is 477. The second-order valence-electron chi connectivity index (χ2n) is 5.49. The molecule has 20 heavy (non-hydrogen) atoms. The van der Waals surface area contributed by atoms with E-state index < -0.39 is 5.97 Å². The predicted molar refractivity (Wildman–Crippen MR) is 76.2 cm³/mol. The number of aliphatic carboxylic acids is 1. The second kappa shape index (κ2) is 6.55. The molecule has 1 aliphatic rings. The lowest BCUT2D eigenvalue weighted by atomic mass is 10.1. The minimum atomic E-state index is -0.839. The zero-order chi connectivity index (χ0) is 14.5. The molecule has 4 nitrogen and oxygen atoms in total. The Morgan fingerprint density at radius 3 is 2.40 bits per heavy atom. The first kappa shape index (κ1) is 14.6. The van der Waals surface area contributed by atoms with Gasteiger partial charge in [0, 0.05) is 25.4 Å². The number of carboxylic acids is 1. The van der Waals surface area contributed by atoms with E-state index in [4.69, 9.17) is 5.11 Å². The van der Waals surface area contributed by atoms with E-state index in [0.29, 0.717) is 25.4 Å². The number of hydrogen-bond donors (Lipinski definition) is 1. The molecule has 0 unspecified atom stereocenters. The highest BCUT2D eigenvalue weighted by Crippen LogP contribution is 2.29. The van der Waals surface area contributed by atoms with Crippen LogP contribution in [0.15, 0.2) is 24.3 Å². The predicted octanol–water partition coefficient (Wildman–Crippen LogP) is 2.74. The van der Waals surface area contributed by atoms with Gasteiger partial charge in [-0.1, -0.05) is 29.8 Å². The van der Waals surface area contributed by atoms with E-state index in [1.807, 2.05) is 11.8 Å². The van der Waals surface area contributed by atoms with E-state index in [1.54, 1.807) is 0 Å². The molecule has 1 aromatic carbocycles. The quantitative estimate of drug-likeness (QED) is 0.832. The minimum Gasteiger partial charge on any atom is -0.481 e. The highest BCUT2D eigenvalue weighted by molar-refractivity contribution is 5.77. The maximum atomic E-state index is 12.2. The van der Waals surface area contributed by atoms with Gasteiger partial charge in [0.15, 0.2) is 0 Å². The van der Waals surface area contributed by atoms with Gasteiger partial charge in [-0.05, 0) is 31.7 Å². The number of amides is 1. The van der Waals surface area contributed by atoms with Gasteiger partial charge >= 0.3 is 5.97 Å². The molecular weight excluding hydrogens is 254 g/mol. The third kappa shape index (κ3) is 4.37. The summed E-state index contributed by atoms with van der Waals surface area (Å²) in [4.78, 5) is 24.6. The fourth-order valence-corrected chi connectivity index (χ4v) is 2.23. The lowest BCUT2D eigenvalue weighted by Gasteiger charge is -2.22. The first-order chi connectivity index (χ1) is 9.56. The molecule has 1 aromatic rings. The van der Waals surface area contributed by atoms with Gasteiger partial charge in [0.1, 0.15) is 0 Å².